The molecular weight excluding hydrogens is 246 g/mol. The zero-order chi connectivity index (χ0) is 14.5. The third kappa shape index (κ3) is 3.69. The number of nitrogens with one attached hydrogen (secondary N) is 1. The largest absolute Gasteiger partial charge is 0.387 e. The monoisotopic (exact) mass is 269 g/mol. The van der Waals surface area contributed by atoms with Gasteiger partial charge in [-0.25, -0.2) is 0 Å². The van der Waals surface area contributed by atoms with Gasteiger partial charge in [-0.15, -0.1) is 0 Å². The van der Waals surface area contributed by atoms with E-state index < -0.39 is 6.10 Å². The molecule has 0 amide bonds. The van der Waals surface area contributed by atoms with Crippen molar-refractivity contribution in [3.05, 3.63) is 60.2 Å². The van der Waals surface area contributed by atoms with Gasteiger partial charge in [-0.3, -0.25) is 0 Å². The van der Waals surface area contributed by atoms with Gasteiger partial charge >= 0.3 is 0 Å². The van der Waals surface area contributed by atoms with Gasteiger partial charge in [0.05, 0.1) is 6.10 Å². The van der Waals surface area contributed by atoms with Crippen LogP contribution in [0, 0.1) is 0 Å². The molecule has 2 rings (SSSR count). The highest BCUT2D eigenvalue weighted by atomic mass is 16.3. The van der Waals surface area contributed by atoms with Crippen molar-refractivity contribution in [2.24, 2.45) is 0 Å². The Morgan fingerprint density at radius 2 is 1.35 bits per heavy atom. The average molecular weight is 269 g/mol. The molecule has 0 saturated heterocycles. The third-order valence-corrected chi connectivity index (χ3v) is 3.43. The summed E-state index contributed by atoms with van der Waals surface area (Å²) in [4.78, 5) is 0. The summed E-state index contributed by atoms with van der Waals surface area (Å²) >= 11 is 0. The van der Waals surface area contributed by atoms with E-state index in [2.05, 4.69) is 43.4 Å². The van der Waals surface area contributed by atoms with Gasteiger partial charge in [0.1, 0.15) is 0 Å². The quantitative estimate of drug-likeness (QED) is 0.866. The summed E-state index contributed by atoms with van der Waals surface area (Å²) in [6.45, 7) is 6.18. The first-order valence-electron chi connectivity index (χ1n) is 7.17. The fourth-order valence-electron chi connectivity index (χ4n) is 2.41. The molecule has 2 atom stereocenters. The Kier molecular flexibility index (Phi) is 4.94. The number of aliphatic hydroxyl groups excluding tert-OH is 1. The molecule has 0 aliphatic rings. The molecule has 0 spiro atoms. The Labute approximate surface area is 121 Å². The standard InChI is InChI=1S/C18H23NO/c1-13(2)19-14(3)18(20)17-11-9-16(10-12-17)15-7-5-4-6-8-15/h4-14,18-20H,1-3H3. The van der Waals surface area contributed by atoms with Crippen molar-refractivity contribution in [1.29, 1.82) is 0 Å². The molecule has 0 aliphatic heterocycles. The number of rotatable bonds is 5. The van der Waals surface area contributed by atoms with Crippen molar-refractivity contribution in [3.8, 4) is 11.1 Å². The van der Waals surface area contributed by atoms with Crippen LogP contribution >= 0.6 is 0 Å². The Balaban J connectivity index is 2.12. The Morgan fingerprint density at radius 3 is 1.90 bits per heavy atom. The molecule has 2 unspecified atom stereocenters. The van der Waals surface area contributed by atoms with E-state index in [9.17, 15) is 5.11 Å². The van der Waals surface area contributed by atoms with Gasteiger partial charge in [0.15, 0.2) is 0 Å². The van der Waals surface area contributed by atoms with E-state index in [1.807, 2.05) is 37.3 Å². The van der Waals surface area contributed by atoms with E-state index >= 15 is 0 Å². The fraction of sp³-hybridized carbons (Fsp3) is 0.333. The third-order valence-electron chi connectivity index (χ3n) is 3.43. The lowest BCUT2D eigenvalue weighted by molar-refractivity contribution is 0.132. The van der Waals surface area contributed by atoms with Crippen LogP contribution in [-0.2, 0) is 0 Å². The number of benzene rings is 2. The van der Waals surface area contributed by atoms with E-state index in [-0.39, 0.29) is 6.04 Å². The molecule has 0 fully saturated rings. The first-order chi connectivity index (χ1) is 9.58. The van der Waals surface area contributed by atoms with Crippen LogP contribution in [0.15, 0.2) is 54.6 Å². The van der Waals surface area contributed by atoms with Crippen molar-refractivity contribution in [3.63, 3.8) is 0 Å². The van der Waals surface area contributed by atoms with Crippen molar-refractivity contribution in [2.45, 2.75) is 39.0 Å². The lowest BCUT2D eigenvalue weighted by Gasteiger charge is -2.23. The zero-order valence-electron chi connectivity index (χ0n) is 12.4. The SMILES string of the molecule is CC(C)NC(C)C(O)c1ccc(-c2ccccc2)cc1. The second kappa shape index (κ2) is 6.69. The molecule has 0 heterocycles. The summed E-state index contributed by atoms with van der Waals surface area (Å²) < 4.78 is 0. The first kappa shape index (κ1) is 14.8. The van der Waals surface area contributed by atoms with Gasteiger partial charge in [0.25, 0.3) is 0 Å². The van der Waals surface area contributed by atoms with E-state index in [4.69, 9.17) is 0 Å². The lowest BCUT2D eigenvalue weighted by Crippen LogP contribution is -2.36. The molecular formula is C18H23NO. The van der Waals surface area contributed by atoms with Crippen LogP contribution in [0.5, 0.6) is 0 Å². The first-order valence-corrected chi connectivity index (χ1v) is 7.17. The van der Waals surface area contributed by atoms with E-state index in [0.717, 1.165) is 5.56 Å². The molecule has 2 N–H and O–H groups in total. The maximum atomic E-state index is 10.3. The molecule has 0 bridgehead atoms. The summed E-state index contributed by atoms with van der Waals surface area (Å²) in [6, 6.07) is 18.8. The van der Waals surface area contributed by atoms with Gasteiger partial charge in [-0.05, 0) is 23.6 Å². The highest BCUT2D eigenvalue weighted by Gasteiger charge is 2.16. The number of aliphatic hydroxyl groups is 1. The minimum Gasteiger partial charge on any atom is -0.387 e. The topological polar surface area (TPSA) is 32.3 Å². The van der Waals surface area contributed by atoms with Crippen LogP contribution in [0.4, 0.5) is 0 Å². The van der Waals surface area contributed by atoms with Crippen LogP contribution in [0.2, 0.25) is 0 Å². The van der Waals surface area contributed by atoms with Crippen LogP contribution < -0.4 is 5.32 Å². The number of hydrogen-bond donors (Lipinski definition) is 2. The summed E-state index contributed by atoms with van der Waals surface area (Å²) in [7, 11) is 0. The molecule has 0 saturated carbocycles. The minimum absolute atomic E-state index is 0.0394. The summed E-state index contributed by atoms with van der Waals surface area (Å²) in [5.41, 5.74) is 3.32. The lowest BCUT2D eigenvalue weighted by atomic mass is 9.99. The predicted molar refractivity (Wildman–Crippen MR) is 84.6 cm³/mol. The molecule has 2 aromatic carbocycles. The van der Waals surface area contributed by atoms with Crippen LogP contribution in [0.1, 0.15) is 32.4 Å². The molecule has 2 aromatic rings. The highest BCUT2D eigenvalue weighted by molar-refractivity contribution is 5.63. The Morgan fingerprint density at radius 1 is 0.800 bits per heavy atom. The Bertz CT molecular complexity index is 519. The summed E-state index contributed by atoms with van der Waals surface area (Å²) in [5.74, 6) is 0. The fourth-order valence-corrected chi connectivity index (χ4v) is 2.41. The van der Waals surface area contributed by atoms with E-state index in [0.29, 0.717) is 6.04 Å². The van der Waals surface area contributed by atoms with Crippen molar-refractivity contribution < 1.29 is 5.11 Å². The van der Waals surface area contributed by atoms with E-state index in [1.54, 1.807) is 0 Å². The van der Waals surface area contributed by atoms with Gasteiger partial charge in [0, 0.05) is 12.1 Å². The van der Waals surface area contributed by atoms with Gasteiger partial charge < -0.3 is 10.4 Å². The molecule has 0 aromatic heterocycles. The second-order valence-corrected chi connectivity index (χ2v) is 5.54. The van der Waals surface area contributed by atoms with Crippen LogP contribution in [-0.4, -0.2) is 17.2 Å². The van der Waals surface area contributed by atoms with Gasteiger partial charge in [-0.1, -0.05) is 68.4 Å². The van der Waals surface area contributed by atoms with Gasteiger partial charge in [0.2, 0.25) is 0 Å². The predicted octanol–water partition coefficient (Wildman–Crippen LogP) is 3.77. The molecule has 0 aliphatic carbocycles. The highest BCUT2D eigenvalue weighted by Crippen LogP contribution is 2.23. The summed E-state index contributed by atoms with van der Waals surface area (Å²) in [5, 5.41) is 13.7. The molecule has 106 valence electrons. The maximum Gasteiger partial charge on any atom is 0.0940 e. The molecule has 2 nitrogen and oxygen atoms in total. The van der Waals surface area contributed by atoms with Crippen LogP contribution in [0.3, 0.4) is 0 Å². The summed E-state index contributed by atoms with van der Waals surface area (Å²) in [6.07, 6.45) is -0.484. The normalized spacial score (nSPS) is 14.2. The van der Waals surface area contributed by atoms with Crippen molar-refractivity contribution >= 4 is 0 Å². The molecule has 2 heteroatoms. The molecule has 0 radical (unpaired) electrons. The van der Waals surface area contributed by atoms with Crippen LogP contribution in [0.25, 0.3) is 11.1 Å². The second-order valence-electron chi connectivity index (χ2n) is 5.54. The van der Waals surface area contributed by atoms with Crippen molar-refractivity contribution in [2.75, 3.05) is 0 Å². The zero-order valence-corrected chi connectivity index (χ0v) is 12.4. The van der Waals surface area contributed by atoms with Crippen molar-refractivity contribution in [1.82, 2.24) is 5.32 Å². The number of hydrogen-bond acceptors (Lipinski definition) is 2. The average Bonchev–Trinajstić information content (AvgIpc) is 2.47. The molecule has 20 heavy (non-hydrogen) atoms. The van der Waals surface area contributed by atoms with E-state index in [1.165, 1.54) is 11.1 Å². The smallest absolute Gasteiger partial charge is 0.0940 e. The minimum atomic E-state index is -0.484. The maximum absolute atomic E-state index is 10.3. The van der Waals surface area contributed by atoms with Gasteiger partial charge in [-0.2, -0.15) is 0 Å². The Hall–Kier alpha value is -1.64.